The Bertz CT molecular complexity index is 526. The molecule has 0 saturated carbocycles. The highest BCUT2D eigenvalue weighted by Crippen LogP contribution is 2.13. The maximum Gasteiger partial charge on any atom is 0.305 e. The van der Waals surface area contributed by atoms with E-state index >= 15 is 0 Å². The van der Waals surface area contributed by atoms with E-state index in [4.69, 9.17) is 9.84 Å². The zero-order valence-corrected chi connectivity index (χ0v) is 11.9. The average molecular weight is 296 g/mol. The third kappa shape index (κ3) is 3.88. The number of ether oxygens (including phenoxy) is 1. The molecule has 1 amide bonds. The van der Waals surface area contributed by atoms with Gasteiger partial charge in [-0.15, -0.1) is 11.3 Å². The monoisotopic (exact) mass is 296 g/mol. The first-order valence-electron chi connectivity index (χ1n) is 6.26. The summed E-state index contributed by atoms with van der Waals surface area (Å²) in [6.07, 6.45) is 2.99. The zero-order chi connectivity index (χ0) is 14.5. The predicted molar refractivity (Wildman–Crippen MR) is 74.5 cm³/mol. The minimum atomic E-state index is -0.933. The summed E-state index contributed by atoms with van der Waals surface area (Å²) in [5, 5.41) is 11.7. The van der Waals surface area contributed by atoms with Gasteiger partial charge >= 0.3 is 5.97 Å². The average Bonchev–Trinajstić information content (AvgIpc) is 2.82. The van der Waals surface area contributed by atoms with Crippen molar-refractivity contribution in [2.75, 3.05) is 19.8 Å². The van der Waals surface area contributed by atoms with E-state index in [1.165, 1.54) is 17.4 Å². The lowest BCUT2D eigenvalue weighted by Crippen LogP contribution is -2.49. The molecule has 0 aromatic carbocycles. The van der Waals surface area contributed by atoms with Gasteiger partial charge in [0, 0.05) is 18.0 Å². The van der Waals surface area contributed by atoms with Gasteiger partial charge in [-0.2, -0.15) is 0 Å². The number of amides is 1. The van der Waals surface area contributed by atoms with Gasteiger partial charge in [0.2, 0.25) is 5.91 Å². The summed E-state index contributed by atoms with van der Waals surface area (Å²) in [4.78, 5) is 28.7. The van der Waals surface area contributed by atoms with Crippen molar-refractivity contribution in [1.29, 1.82) is 0 Å². The number of carbonyl (C=O) groups excluding carboxylic acids is 1. The number of aliphatic carboxylic acids is 1. The lowest BCUT2D eigenvalue weighted by Gasteiger charge is -2.34. The van der Waals surface area contributed by atoms with Gasteiger partial charge in [-0.3, -0.25) is 9.59 Å². The second kappa shape index (κ2) is 6.62. The Kier molecular flexibility index (Phi) is 4.86. The van der Waals surface area contributed by atoms with Crippen LogP contribution in [-0.2, 0) is 14.3 Å². The summed E-state index contributed by atoms with van der Waals surface area (Å²) in [6.45, 7) is 3.01. The first-order valence-corrected chi connectivity index (χ1v) is 7.14. The number of aromatic nitrogens is 1. The van der Waals surface area contributed by atoms with Crippen LogP contribution in [0.25, 0.3) is 6.08 Å². The molecule has 0 spiro atoms. The Morgan fingerprint density at radius 1 is 1.65 bits per heavy atom. The summed E-state index contributed by atoms with van der Waals surface area (Å²) in [5.41, 5.74) is 0.740. The third-order valence-corrected chi connectivity index (χ3v) is 3.75. The Hall–Kier alpha value is -1.73. The lowest BCUT2D eigenvalue weighted by atomic mass is 10.1. The quantitative estimate of drug-likeness (QED) is 0.844. The number of thiazole rings is 1. The lowest BCUT2D eigenvalue weighted by molar-refractivity contribution is -0.143. The topological polar surface area (TPSA) is 79.7 Å². The number of rotatable bonds is 4. The molecule has 20 heavy (non-hydrogen) atoms. The molecule has 1 aromatic rings. The Balaban J connectivity index is 2.02. The van der Waals surface area contributed by atoms with E-state index in [0.29, 0.717) is 13.2 Å². The highest BCUT2D eigenvalue weighted by atomic mass is 32.1. The molecule has 7 heteroatoms. The standard InChI is InChI=1S/C13H16N2O4S/c1-9-14-10(8-20-9)2-3-12(16)15-4-5-19-7-11(15)6-13(17)18/h2-3,8,11H,4-7H2,1H3,(H,17,18)/b3-2+. The molecule has 6 nitrogen and oxygen atoms in total. The molecule has 1 atom stereocenters. The maximum absolute atomic E-state index is 12.1. The molecule has 1 aromatic heterocycles. The molecule has 108 valence electrons. The van der Waals surface area contributed by atoms with Crippen LogP contribution in [0, 0.1) is 6.92 Å². The Morgan fingerprint density at radius 2 is 2.45 bits per heavy atom. The number of morpholine rings is 1. The van der Waals surface area contributed by atoms with Crippen LogP contribution in [-0.4, -0.2) is 52.7 Å². The molecular formula is C13H16N2O4S. The van der Waals surface area contributed by atoms with Crippen molar-refractivity contribution in [1.82, 2.24) is 9.88 Å². The number of aryl methyl sites for hydroxylation is 1. The molecule has 1 fully saturated rings. The van der Waals surface area contributed by atoms with Crippen molar-refractivity contribution in [2.45, 2.75) is 19.4 Å². The molecule has 0 radical (unpaired) electrons. The zero-order valence-electron chi connectivity index (χ0n) is 11.1. The maximum atomic E-state index is 12.1. The Morgan fingerprint density at radius 3 is 3.10 bits per heavy atom. The molecule has 1 aliphatic heterocycles. The fraction of sp³-hybridized carbons (Fsp3) is 0.462. The smallest absolute Gasteiger partial charge is 0.305 e. The Labute approximate surface area is 120 Å². The second-order valence-corrected chi connectivity index (χ2v) is 5.55. The van der Waals surface area contributed by atoms with E-state index in [0.717, 1.165) is 10.7 Å². The van der Waals surface area contributed by atoms with E-state index in [9.17, 15) is 9.59 Å². The van der Waals surface area contributed by atoms with Gasteiger partial charge in [0.15, 0.2) is 0 Å². The van der Waals surface area contributed by atoms with Crippen molar-refractivity contribution in [2.24, 2.45) is 0 Å². The predicted octanol–water partition coefficient (Wildman–Crippen LogP) is 1.17. The highest BCUT2D eigenvalue weighted by molar-refractivity contribution is 7.09. The number of hydrogen-bond donors (Lipinski definition) is 1. The van der Waals surface area contributed by atoms with Crippen LogP contribution in [0.3, 0.4) is 0 Å². The van der Waals surface area contributed by atoms with Crippen molar-refractivity contribution in [3.63, 3.8) is 0 Å². The molecule has 0 bridgehead atoms. The SMILES string of the molecule is Cc1nc(/C=C/C(=O)N2CCOCC2CC(=O)O)cs1. The number of carbonyl (C=O) groups is 2. The fourth-order valence-electron chi connectivity index (χ4n) is 2.02. The van der Waals surface area contributed by atoms with Crippen molar-refractivity contribution >= 4 is 29.3 Å². The molecule has 0 aliphatic carbocycles. The molecular weight excluding hydrogens is 280 g/mol. The molecule has 1 saturated heterocycles. The molecule has 2 rings (SSSR count). The minimum Gasteiger partial charge on any atom is -0.481 e. The van der Waals surface area contributed by atoms with Crippen LogP contribution in [0.15, 0.2) is 11.5 Å². The summed E-state index contributed by atoms with van der Waals surface area (Å²) >= 11 is 1.52. The molecule has 1 N–H and O–H groups in total. The van der Waals surface area contributed by atoms with Crippen LogP contribution < -0.4 is 0 Å². The van der Waals surface area contributed by atoms with Crippen LogP contribution in [0.1, 0.15) is 17.1 Å². The highest BCUT2D eigenvalue weighted by Gasteiger charge is 2.27. The fourth-order valence-corrected chi connectivity index (χ4v) is 2.61. The summed E-state index contributed by atoms with van der Waals surface area (Å²) in [6, 6.07) is -0.407. The van der Waals surface area contributed by atoms with Gasteiger partial charge in [0.05, 0.1) is 36.4 Å². The summed E-state index contributed by atoms with van der Waals surface area (Å²) < 4.78 is 5.24. The summed E-state index contributed by atoms with van der Waals surface area (Å²) in [7, 11) is 0. The van der Waals surface area contributed by atoms with Gasteiger partial charge in [-0.05, 0) is 13.0 Å². The van der Waals surface area contributed by atoms with Crippen LogP contribution >= 0.6 is 11.3 Å². The van der Waals surface area contributed by atoms with Crippen molar-refractivity contribution < 1.29 is 19.4 Å². The van der Waals surface area contributed by atoms with E-state index < -0.39 is 12.0 Å². The first-order chi connectivity index (χ1) is 9.56. The van der Waals surface area contributed by atoms with Crippen LogP contribution in [0.4, 0.5) is 0 Å². The first kappa shape index (κ1) is 14.7. The minimum absolute atomic E-state index is 0.102. The normalized spacial score (nSPS) is 19.4. The number of carboxylic acids is 1. The van der Waals surface area contributed by atoms with E-state index in [2.05, 4.69) is 4.98 Å². The van der Waals surface area contributed by atoms with Crippen molar-refractivity contribution in [3.05, 3.63) is 22.2 Å². The number of carboxylic acid groups (broad SMARTS) is 1. The number of hydrogen-bond acceptors (Lipinski definition) is 5. The van der Waals surface area contributed by atoms with E-state index in [-0.39, 0.29) is 18.9 Å². The molecule has 2 heterocycles. The van der Waals surface area contributed by atoms with Crippen molar-refractivity contribution in [3.8, 4) is 0 Å². The van der Waals surface area contributed by atoms with E-state index in [1.54, 1.807) is 11.0 Å². The van der Waals surface area contributed by atoms with Gasteiger partial charge < -0.3 is 14.7 Å². The van der Waals surface area contributed by atoms with Crippen LogP contribution in [0.2, 0.25) is 0 Å². The second-order valence-electron chi connectivity index (χ2n) is 4.48. The van der Waals surface area contributed by atoms with Gasteiger partial charge in [0.25, 0.3) is 0 Å². The summed E-state index contributed by atoms with van der Waals surface area (Å²) in [5.74, 6) is -1.14. The molecule has 1 unspecified atom stereocenters. The molecule has 1 aliphatic rings. The van der Waals surface area contributed by atoms with Crippen LogP contribution in [0.5, 0.6) is 0 Å². The van der Waals surface area contributed by atoms with E-state index in [1.807, 2.05) is 12.3 Å². The third-order valence-electron chi connectivity index (χ3n) is 2.95. The number of nitrogens with zero attached hydrogens (tertiary/aromatic N) is 2. The van der Waals surface area contributed by atoms with Gasteiger partial charge in [0.1, 0.15) is 0 Å². The van der Waals surface area contributed by atoms with Gasteiger partial charge in [-0.1, -0.05) is 0 Å². The van der Waals surface area contributed by atoms with Gasteiger partial charge in [-0.25, -0.2) is 4.98 Å². The largest absolute Gasteiger partial charge is 0.481 e.